The molecular formula is C58H78BrClF2N8O15. The van der Waals surface area contributed by atoms with Gasteiger partial charge in [0.05, 0.1) is 36.7 Å². The van der Waals surface area contributed by atoms with Crippen molar-refractivity contribution >= 4 is 92.4 Å². The van der Waals surface area contributed by atoms with Gasteiger partial charge in [0.25, 0.3) is 0 Å². The quantitative estimate of drug-likeness (QED) is 0.0141. The summed E-state index contributed by atoms with van der Waals surface area (Å²) in [6.07, 6.45) is -0.911. The number of amides is 8. The van der Waals surface area contributed by atoms with Crippen LogP contribution in [0.4, 0.5) is 40.2 Å². The van der Waals surface area contributed by atoms with Gasteiger partial charge in [0.15, 0.2) is 5.72 Å². The second-order valence-electron chi connectivity index (χ2n) is 22.5. The summed E-state index contributed by atoms with van der Waals surface area (Å²) < 4.78 is 66.6. The Morgan fingerprint density at radius 3 is 2.32 bits per heavy atom. The summed E-state index contributed by atoms with van der Waals surface area (Å²) >= 11 is 9.97. The number of anilines is 3. The summed E-state index contributed by atoms with van der Waals surface area (Å²) in [5, 5.41) is 26.7. The number of nitrogens with one attached hydrogen (secondary N) is 6. The zero-order valence-corrected chi connectivity index (χ0v) is 51.7. The Kier molecular flexibility index (Phi) is 24.3. The molecule has 0 saturated carbocycles. The normalized spacial score (nSPS) is 24.1. The van der Waals surface area contributed by atoms with Crippen molar-refractivity contribution in [3.05, 3.63) is 82.4 Å². The molecule has 0 unspecified atom stereocenters. The minimum absolute atomic E-state index is 0.00964. The predicted octanol–water partition coefficient (Wildman–Crippen LogP) is 7.50. The van der Waals surface area contributed by atoms with Crippen LogP contribution in [-0.2, 0) is 54.1 Å². The van der Waals surface area contributed by atoms with Crippen LogP contribution in [0.15, 0.2) is 60.2 Å². The monoisotopic (exact) mass is 1280 g/mol. The van der Waals surface area contributed by atoms with Crippen LogP contribution in [0.1, 0.15) is 105 Å². The molecule has 9 N–H and O–H groups in total. The molecular weight excluding hydrogens is 1200 g/mol. The van der Waals surface area contributed by atoms with Gasteiger partial charge in [0.2, 0.25) is 23.6 Å². The number of nitrogens with two attached hydrogens (primary N) is 1. The van der Waals surface area contributed by atoms with E-state index in [9.17, 15) is 43.5 Å². The third-order valence-corrected chi connectivity index (χ3v) is 15.9. The SMILES string of the molecule is C=C(CBr)C(=O)OC(C)(C)CCCCC(=O)N[C@H](C(=O)N[C@@H](CCCNC(N)=O)C(=O)Nc1cc(F)c(NC(=O)O[C@H]2CC(=O)N(C)c3cc(cc(OC)c3Cl)C/C(C)=C/C=C/[C@@H](OC)[C@@]3(O)C[C@H](OC(=O)N3)[C@@H](C)[C@@H]3O[C@@]23C)cc1F)C(C)C. The first-order valence-corrected chi connectivity index (χ1v) is 29.1. The number of aliphatic hydroxyl groups is 1. The number of esters is 1. The zero-order valence-electron chi connectivity index (χ0n) is 49.3. The van der Waals surface area contributed by atoms with Crippen LogP contribution in [0.25, 0.3) is 0 Å². The molecule has 23 nitrogen and oxygen atoms in total. The highest BCUT2D eigenvalue weighted by atomic mass is 79.9. The molecule has 2 aromatic rings. The van der Waals surface area contributed by atoms with Crippen molar-refractivity contribution in [1.29, 1.82) is 0 Å². The Labute approximate surface area is 506 Å². The van der Waals surface area contributed by atoms with E-state index in [0.717, 1.165) is 5.57 Å². The molecule has 0 radical (unpaired) electrons. The zero-order chi connectivity index (χ0) is 63.3. The fourth-order valence-corrected chi connectivity index (χ4v) is 10.5. The van der Waals surface area contributed by atoms with E-state index in [1.807, 2.05) is 6.92 Å². The molecule has 0 aliphatic carbocycles. The van der Waals surface area contributed by atoms with Crippen molar-refractivity contribution < 1.29 is 80.7 Å². The fourth-order valence-electron chi connectivity index (χ4n) is 9.93. The number of halogens is 4. The first-order valence-electron chi connectivity index (χ1n) is 27.6. The van der Waals surface area contributed by atoms with Gasteiger partial charge < -0.3 is 65.4 Å². The number of fused-ring (bicyclic) bond motifs is 5. The van der Waals surface area contributed by atoms with Gasteiger partial charge >= 0.3 is 24.2 Å². The summed E-state index contributed by atoms with van der Waals surface area (Å²) in [5.41, 5.74) is 1.47. The Morgan fingerprint density at radius 2 is 1.69 bits per heavy atom. The number of allylic oxidation sites excluding steroid dienone is 3. The van der Waals surface area contributed by atoms with E-state index < -0.39 is 143 Å². The summed E-state index contributed by atoms with van der Waals surface area (Å²) in [5.74, 6) is -6.93. The summed E-state index contributed by atoms with van der Waals surface area (Å²) in [6.45, 7) is 15.5. The van der Waals surface area contributed by atoms with Gasteiger partial charge in [-0.3, -0.25) is 29.8 Å². The summed E-state index contributed by atoms with van der Waals surface area (Å²) in [4.78, 5) is 107. The van der Waals surface area contributed by atoms with Gasteiger partial charge in [0, 0.05) is 62.5 Å². The smallest absolute Gasteiger partial charge is 0.412 e. The molecule has 9 atom stereocenters. The lowest BCUT2D eigenvalue weighted by atomic mass is 9.83. The topological polar surface area (TPSA) is 317 Å². The number of ether oxygens (including phenoxy) is 6. The van der Waals surface area contributed by atoms with E-state index in [2.05, 4.69) is 54.4 Å². The number of alkyl carbamates (subject to hydrolysis) is 1. The maximum absolute atomic E-state index is 16.1. The van der Waals surface area contributed by atoms with Crippen LogP contribution < -0.4 is 47.3 Å². The number of benzene rings is 2. The van der Waals surface area contributed by atoms with E-state index in [4.69, 9.17) is 45.8 Å². The lowest BCUT2D eigenvalue weighted by molar-refractivity contribution is -0.152. The van der Waals surface area contributed by atoms with E-state index in [1.165, 1.54) is 26.2 Å². The second-order valence-corrected chi connectivity index (χ2v) is 23.4. The number of primary amides is 1. The van der Waals surface area contributed by atoms with Crippen molar-refractivity contribution in [2.75, 3.05) is 48.7 Å². The van der Waals surface area contributed by atoms with E-state index >= 15 is 8.78 Å². The van der Waals surface area contributed by atoms with Gasteiger partial charge in [-0.05, 0) is 89.8 Å². The minimum Gasteiger partial charge on any atom is -0.495 e. The molecule has 0 spiro atoms. The number of carbonyl (C=O) groups excluding carboxylic acids is 8. The number of methoxy groups -OCH3 is 2. The van der Waals surface area contributed by atoms with Crippen LogP contribution >= 0.6 is 27.5 Å². The molecule has 3 heterocycles. The first-order chi connectivity index (χ1) is 39.8. The van der Waals surface area contributed by atoms with E-state index in [0.29, 0.717) is 43.4 Å². The van der Waals surface area contributed by atoms with Crippen molar-refractivity contribution in [1.82, 2.24) is 21.3 Å². The molecule has 8 amide bonds. The number of urea groups is 1. The van der Waals surface area contributed by atoms with Gasteiger partial charge in [-0.15, -0.1) is 0 Å². The van der Waals surface area contributed by atoms with Gasteiger partial charge in [-0.25, -0.2) is 28.0 Å². The Balaban J connectivity index is 1.35. The Morgan fingerprint density at radius 1 is 1.02 bits per heavy atom. The molecule has 4 bridgehead atoms. The third kappa shape index (κ3) is 18.8. The Hall–Kier alpha value is -6.87. The first kappa shape index (κ1) is 68.9. The van der Waals surface area contributed by atoms with Gasteiger partial charge in [0.1, 0.15) is 64.0 Å². The number of unbranched alkanes of at least 4 members (excludes halogenated alkanes) is 1. The molecule has 2 aromatic carbocycles. The van der Waals surface area contributed by atoms with Crippen molar-refractivity contribution in [3.8, 4) is 5.75 Å². The number of nitrogens with zero attached hydrogens (tertiary/aromatic N) is 1. The molecule has 468 valence electrons. The van der Waals surface area contributed by atoms with E-state index in [1.54, 1.807) is 71.9 Å². The number of hydrogen-bond acceptors (Lipinski definition) is 15. The molecule has 85 heavy (non-hydrogen) atoms. The average Bonchev–Trinajstić information content (AvgIpc) is 2.99. The summed E-state index contributed by atoms with van der Waals surface area (Å²) in [6, 6.07) is 1.09. The molecule has 3 aliphatic heterocycles. The molecule has 2 saturated heterocycles. The van der Waals surface area contributed by atoms with Gasteiger partial charge in [-0.2, -0.15) is 0 Å². The van der Waals surface area contributed by atoms with Crippen LogP contribution in [0, 0.1) is 23.5 Å². The van der Waals surface area contributed by atoms with Crippen LogP contribution in [0.3, 0.4) is 0 Å². The molecule has 27 heteroatoms. The lowest BCUT2D eigenvalue weighted by Crippen LogP contribution is -2.63. The third-order valence-electron chi connectivity index (χ3n) is 14.9. The fraction of sp³-hybridized carbons (Fsp3) is 0.552. The highest BCUT2D eigenvalue weighted by molar-refractivity contribution is 9.09. The average molecular weight is 1280 g/mol. The standard InChI is InChI=1S/C58H78BrClF2N8O15/c1-30(2)48(68-45(71)19-12-13-20-56(6,7)85-52(75)32(4)29-59)51(74)65-37(17-15-21-64-53(63)76)50(73)66-38-25-36(62)39(26-35(38)61)67-54(77)83-44-27-46(72)70(9)40-23-34(24-41(80-10)47(40)60)22-31(3)16-14-18-43(81-11)58(79)28-42(82-55(78)69-58)33(5)49-57(44,8)84-49/h14,16,18,23-26,30,33,37,42-44,48-49,79H,4,12-13,15,17,19-22,27-29H2,1-3,5-11H3,(H,65,74)(H,66,73)(H,67,77)(H,68,71)(H,69,78)(H3,63,64,76)/b18-14+,31-16+/t33-,37+,42+,43-,44+,48+,49+,57+,58+/m1/s1. The number of carbonyl (C=O) groups is 8. The number of hydrogen-bond donors (Lipinski definition) is 8. The number of rotatable bonds is 22. The van der Waals surface area contributed by atoms with E-state index in [-0.39, 0.29) is 59.6 Å². The molecule has 2 fully saturated rings. The van der Waals surface area contributed by atoms with Crippen molar-refractivity contribution in [2.24, 2.45) is 17.6 Å². The molecule has 5 rings (SSSR count). The summed E-state index contributed by atoms with van der Waals surface area (Å²) in [7, 11) is 4.23. The number of alkyl halides is 1. The van der Waals surface area contributed by atoms with Crippen LogP contribution in [0.2, 0.25) is 5.02 Å². The number of epoxide rings is 1. The van der Waals surface area contributed by atoms with Crippen molar-refractivity contribution in [3.63, 3.8) is 0 Å². The largest absolute Gasteiger partial charge is 0.495 e. The lowest BCUT2D eigenvalue weighted by Gasteiger charge is -2.42. The minimum atomic E-state index is -1.97. The van der Waals surface area contributed by atoms with Crippen LogP contribution in [-0.4, -0.2) is 139 Å². The van der Waals surface area contributed by atoms with Crippen LogP contribution in [0.5, 0.6) is 5.75 Å². The predicted molar refractivity (Wildman–Crippen MR) is 315 cm³/mol. The second kappa shape index (κ2) is 30.0. The maximum Gasteiger partial charge on any atom is 0.412 e. The Bertz CT molecular complexity index is 2910. The van der Waals surface area contributed by atoms with Crippen molar-refractivity contribution in [2.45, 2.75) is 160 Å². The highest BCUT2D eigenvalue weighted by Crippen LogP contribution is 2.49. The molecule has 3 aliphatic rings. The highest BCUT2D eigenvalue weighted by Gasteiger charge is 2.64. The maximum atomic E-state index is 16.1. The molecule has 0 aromatic heterocycles. The van der Waals surface area contributed by atoms with Gasteiger partial charge in [-0.1, -0.05) is 78.7 Å².